The molecule has 3 N–H and O–H groups in total. The number of aromatic nitrogens is 2. The van der Waals surface area contributed by atoms with E-state index in [2.05, 4.69) is 9.97 Å². The Hall–Kier alpha value is -2.14. The molecule has 5 heteroatoms. The molecule has 0 saturated carbocycles. The number of nitrogens with one attached hydrogen (secondary N) is 1. The zero-order valence-corrected chi connectivity index (χ0v) is 10.2. The second-order valence-corrected chi connectivity index (χ2v) is 4.12. The van der Waals surface area contributed by atoms with Gasteiger partial charge in [0, 0.05) is 19.4 Å². The van der Waals surface area contributed by atoms with E-state index in [1.165, 1.54) is 0 Å². The predicted octanol–water partition coefficient (Wildman–Crippen LogP) is 1.07. The second kappa shape index (κ2) is 5.46. The third-order valence-electron chi connectivity index (χ3n) is 2.74. The van der Waals surface area contributed by atoms with Crippen molar-refractivity contribution in [3.05, 3.63) is 54.1 Å². The first-order valence-corrected chi connectivity index (χ1v) is 5.72. The maximum atomic E-state index is 12.1. The van der Waals surface area contributed by atoms with E-state index in [9.17, 15) is 4.79 Å². The average Bonchev–Trinajstić information content (AvgIpc) is 2.91. The smallest absolute Gasteiger partial charge is 0.244 e. The molecule has 1 unspecified atom stereocenters. The van der Waals surface area contributed by atoms with Gasteiger partial charge in [-0.2, -0.15) is 0 Å². The summed E-state index contributed by atoms with van der Waals surface area (Å²) in [5.74, 6) is 0.615. The Morgan fingerprint density at radius 3 is 2.78 bits per heavy atom. The third-order valence-corrected chi connectivity index (χ3v) is 2.74. The van der Waals surface area contributed by atoms with Crippen LogP contribution in [0.3, 0.4) is 0 Å². The van der Waals surface area contributed by atoms with Crippen molar-refractivity contribution in [2.45, 2.75) is 12.6 Å². The SMILES string of the molecule is CN(Cc1ncc[nH]1)C(=O)C(N)c1ccccc1. The molecule has 0 fully saturated rings. The topological polar surface area (TPSA) is 75.0 Å². The monoisotopic (exact) mass is 244 g/mol. The Morgan fingerprint density at radius 2 is 2.17 bits per heavy atom. The van der Waals surface area contributed by atoms with Crippen LogP contribution in [0.25, 0.3) is 0 Å². The number of carbonyl (C=O) groups is 1. The van der Waals surface area contributed by atoms with Gasteiger partial charge in [0.1, 0.15) is 11.9 Å². The minimum atomic E-state index is -0.633. The zero-order valence-electron chi connectivity index (χ0n) is 10.2. The first-order valence-electron chi connectivity index (χ1n) is 5.72. The molecule has 1 atom stereocenters. The Kier molecular flexibility index (Phi) is 3.74. The molecule has 1 heterocycles. The van der Waals surface area contributed by atoms with Crippen molar-refractivity contribution in [2.75, 3.05) is 7.05 Å². The molecular weight excluding hydrogens is 228 g/mol. The standard InChI is InChI=1S/C13H16N4O/c1-17(9-11-15-7-8-16-11)13(18)12(14)10-5-3-2-4-6-10/h2-8,12H,9,14H2,1H3,(H,15,16). The number of rotatable bonds is 4. The van der Waals surface area contributed by atoms with Crippen LogP contribution >= 0.6 is 0 Å². The van der Waals surface area contributed by atoms with Crippen molar-refractivity contribution in [1.82, 2.24) is 14.9 Å². The predicted molar refractivity (Wildman–Crippen MR) is 68.4 cm³/mol. The van der Waals surface area contributed by atoms with Gasteiger partial charge in [0.25, 0.3) is 0 Å². The van der Waals surface area contributed by atoms with Crippen molar-refractivity contribution in [3.63, 3.8) is 0 Å². The molecule has 1 aromatic carbocycles. The van der Waals surface area contributed by atoms with Crippen LogP contribution in [0, 0.1) is 0 Å². The first kappa shape index (κ1) is 12.3. The molecule has 0 aliphatic rings. The zero-order chi connectivity index (χ0) is 13.0. The van der Waals surface area contributed by atoms with Crippen LogP contribution < -0.4 is 5.73 Å². The van der Waals surface area contributed by atoms with E-state index in [4.69, 9.17) is 5.73 Å². The van der Waals surface area contributed by atoms with E-state index in [1.54, 1.807) is 24.3 Å². The van der Waals surface area contributed by atoms with Crippen LogP contribution in [-0.4, -0.2) is 27.8 Å². The van der Waals surface area contributed by atoms with Gasteiger partial charge in [-0.3, -0.25) is 4.79 Å². The van der Waals surface area contributed by atoms with Crippen molar-refractivity contribution in [1.29, 1.82) is 0 Å². The summed E-state index contributed by atoms with van der Waals surface area (Å²) in [4.78, 5) is 20.7. The molecule has 5 nitrogen and oxygen atoms in total. The molecule has 0 aliphatic heterocycles. The third kappa shape index (κ3) is 2.75. The molecule has 0 radical (unpaired) electrons. The lowest BCUT2D eigenvalue weighted by Crippen LogP contribution is -2.35. The van der Waals surface area contributed by atoms with Crippen LogP contribution in [0.5, 0.6) is 0 Å². The summed E-state index contributed by atoms with van der Waals surface area (Å²) in [5.41, 5.74) is 6.76. The number of likely N-dealkylation sites (N-methyl/N-ethyl adjacent to an activating group) is 1. The minimum absolute atomic E-state index is 0.127. The molecule has 0 spiro atoms. The number of imidazole rings is 1. The molecule has 2 aromatic rings. The van der Waals surface area contributed by atoms with Gasteiger partial charge < -0.3 is 15.6 Å². The number of hydrogen-bond donors (Lipinski definition) is 2. The fourth-order valence-corrected chi connectivity index (χ4v) is 1.73. The fraction of sp³-hybridized carbons (Fsp3) is 0.231. The molecule has 0 bridgehead atoms. The fourth-order valence-electron chi connectivity index (χ4n) is 1.73. The number of aromatic amines is 1. The number of amides is 1. The van der Waals surface area contributed by atoms with E-state index >= 15 is 0 Å². The molecule has 1 aromatic heterocycles. The van der Waals surface area contributed by atoms with E-state index < -0.39 is 6.04 Å². The Labute approximate surface area is 106 Å². The van der Waals surface area contributed by atoms with E-state index in [0.717, 1.165) is 11.4 Å². The second-order valence-electron chi connectivity index (χ2n) is 4.12. The molecule has 94 valence electrons. The summed E-state index contributed by atoms with van der Waals surface area (Å²) < 4.78 is 0. The van der Waals surface area contributed by atoms with Gasteiger partial charge in [0.15, 0.2) is 0 Å². The van der Waals surface area contributed by atoms with Gasteiger partial charge in [-0.1, -0.05) is 30.3 Å². The Morgan fingerprint density at radius 1 is 1.44 bits per heavy atom. The van der Waals surface area contributed by atoms with Gasteiger partial charge in [-0.05, 0) is 5.56 Å². The van der Waals surface area contributed by atoms with Crippen molar-refractivity contribution in [3.8, 4) is 0 Å². The highest BCUT2D eigenvalue weighted by Gasteiger charge is 2.20. The highest BCUT2D eigenvalue weighted by Crippen LogP contribution is 2.12. The lowest BCUT2D eigenvalue weighted by molar-refractivity contribution is -0.132. The quantitative estimate of drug-likeness (QED) is 0.844. The summed E-state index contributed by atoms with van der Waals surface area (Å²) in [6.07, 6.45) is 3.38. The number of carbonyl (C=O) groups excluding carboxylic acids is 1. The number of benzene rings is 1. The number of H-pyrrole nitrogens is 1. The summed E-state index contributed by atoms with van der Waals surface area (Å²) in [6.45, 7) is 0.423. The molecule has 18 heavy (non-hydrogen) atoms. The molecule has 2 rings (SSSR count). The summed E-state index contributed by atoms with van der Waals surface area (Å²) in [7, 11) is 1.72. The maximum Gasteiger partial charge on any atom is 0.244 e. The lowest BCUT2D eigenvalue weighted by atomic mass is 10.1. The largest absolute Gasteiger partial charge is 0.347 e. The molecule has 0 saturated heterocycles. The summed E-state index contributed by atoms with van der Waals surface area (Å²) >= 11 is 0. The molecule has 1 amide bonds. The highest BCUT2D eigenvalue weighted by atomic mass is 16.2. The summed E-state index contributed by atoms with van der Waals surface area (Å²) in [6, 6.07) is 8.70. The number of nitrogens with zero attached hydrogens (tertiary/aromatic N) is 2. The van der Waals surface area contributed by atoms with E-state index in [0.29, 0.717) is 6.54 Å². The molecular formula is C13H16N4O. The van der Waals surface area contributed by atoms with Gasteiger partial charge >= 0.3 is 0 Å². The van der Waals surface area contributed by atoms with Crippen molar-refractivity contribution >= 4 is 5.91 Å². The van der Waals surface area contributed by atoms with Crippen LogP contribution in [0.4, 0.5) is 0 Å². The van der Waals surface area contributed by atoms with Gasteiger partial charge in [-0.15, -0.1) is 0 Å². The first-order chi connectivity index (χ1) is 8.68. The average molecular weight is 244 g/mol. The number of nitrogens with two attached hydrogens (primary N) is 1. The number of hydrogen-bond acceptors (Lipinski definition) is 3. The Balaban J connectivity index is 2.02. The minimum Gasteiger partial charge on any atom is -0.347 e. The van der Waals surface area contributed by atoms with Crippen LogP contribution in [-0.2, 0) is 11.3 Å². The van der Waals surface area contributed by atoms with Crippen LogP contribution in [0.15, 0.2) is 42.7 Å². The molecule has 0 aliphatic carbocycles. The van der Waals surface area contributed by atoms with Gasteiger partial charge in [0.05, 0.1) is 6.54 Å². The van der Waals surface area contributed by atoms with Crippen LogP contribution in [0.1, 0.15) is 17.4 Å². The Bertz CT molecular complexity index is 495. The lowest BCUT2D eigenvalue weighted by Gasteiger charge is -2.20. The van der Waals surface area contributed by atoms with Crippen LogP contribution in [0.2, 0.25) is 0 Å². The van der Waals surface area contributed by atoms with E-state index in [-0.39, 0.29) is 5.91 Å². The van der Waals surface area contributed by atoms with E-state index in [1.807, 2.05) is 30.3 Å². The highest BCUT2D eigenvalue weighted by molar-refractivity contribution is 5.82. The van der Waals surface area contributed by atoms with Gasteiger partial charge in [-0.25, -0.2) is 4.98 Å². The summed E-state index contributed by atoms with van der Waals surface area (Å²) in [5, 5.41) is 0. The van der Waals surface area contributed by atoms with Crippen molar-refractivity contribution in [2.24, 2.45) is 5.73 Å². The maximum absolute atomic E-state index is 12.1. The van der Waals surface area contributed by atoms with Crippen molar-refractivity contribution < 1.29 is 4.79 Å². The normalized spacial score (nSPS) is 12.1. The van der Waals surface area contributed by atoms with Gasteiger partial charge in [0.2, 0.25) is 5.91 Å².